The second-order valence-corrected chi connectivity index (χ2v) is 36.3. The maximum Gasteiger partial charge on any atom is 0.416 e. The molecule has 0 bridgehead atoms. The third-order valence-electron chi connectivity index (χ3n) is 23.5. The molecule has 0 aliphatic carbocycles. The van der Waals surface area contributed by atoms with Gasteiger partial charge < -0.3 is 46.9 Å². The summed E-state index contributed by atoms with van der Waals surface area (Å²) in [5.74, 6) is 1.53. The van der Waals surface area contributed by atoms with Crippen LogP contribution in [0.1, 0.15) is 174 Å². The van der Waals surface area contributed by atoms with Crippen LogP contribution in [-0.2, 0) is 73.7 Å². The number of rotatable bonds is 19. The number of carbonyl (C=O) groups is 3. The Morgan fingerprint density at radius 2 is 0.785 bits per heavy atom. The molecule has 15 aromatic rings. The fraction of sp³-hybridized carbons (Fsp3) is 0.305. The van der Waals surface area contributed by atoms with Gasteiger partial charge in [-0.25, -0.2) is 14.4 Å². The molecule has 130 heavy (non-hydrogen) atoms. The van der Waals surface area contributed by atoms with Gasteiger partial charge in [0.2, 0.25) is 0 Å². The first-order valence-electron chi connectivity index (χ1n) is 43.2. The van der Waals surface area contributed by atoms with Gasteiger partial charge in [0.15, 0.2) is 17.3 Å². The molecule has 25 heteroatoms. The molecular formula is C105H100F4N8O13. The van der Waals surface area contributed by atoms with E-state index in [1.165, 1.54) is 35.0 Å². The molecule has 3 atom stereocenters. The number of halogens is 4. The Bertz CT molecular complexity index is 7260. The van der Waals surface area contributed by atoms with Gasteiger partial charge in [0.25, 0.3) is 16.7 Å². The average molecular weight is 1760 g/mol. The minimum atomic E-state index is -4.76. The summed E-state index contributed by atoms with van der Waals surface area (Å²) in [7, 11) is 1.63. The maximum atomic E-state index is 14.4. The summed E-state index contributed by atoms with van der Waals surface area (Å²) in [6.45, 7) is 29.7. The Morgan fingerprint density at radius 3 is 1.12 bits per heavy atom. The standard InChI is InChI=1S/C36H32F4N2O4.C36H36N2O5.C33H32N4O4/c1-19-14-27-25(7-9-29(44)42(27)18-21-15-23(36(38,39)40)17-24(37)16-21)32(30(19)34(20(2)43)46-35(3,4)5)26-6-8-28-31-22(11-13-45-28)10-12-41-33(26)31;1-21-18-28-26(11-13-30(40)38(28)20-23-8-7-9-25(19-23)41-6)33(31(21)35(22(2)39)43-36(3,4)5)27-10-12-29-32-24(15-17-42-29)14-16-37-34(27)32;1-19-14-25-23(7-9-27(39)37(25)17-21-15-34-18-35-16-21)30(28(19)32(20(2)38)41-33(3,4)5)24-6-8-26-29-22(11-13-40-26)10-12-36-31(24)29/h6-10,12,14-17,34H,11,13,18H2,1-5H3;7-14,16,18-19,35H,15,17,20H2,1-6H3;6-10,12,14-16,18,32H,11,13,17H2,1-5H3/t34-;35-;32-/m111/s1. The smallest absolute Gasteiger partial charge is 0.416 e. The molecule has 18 rings (SSSR count). The SMILES string of the molecule is CC(=O)[C@@H](OC(C)(C)C)c1c(C)cc2c(ccc(=O)n2Cc2cc(F)cc(C(F)(F)F)c2)c1-c1ccc2c3c(ccnc13)CCO2.CC(=O)[C@@H](OC(C)(C)C)c1c(C)cc2c(ccc(=O)n2Cc2cncnc2)c1-c1ccc2c3c(ccnc13)CCO2.COc1cccc(Cn2c(=O)ccc3c(-c4ccc5c6c(ccnc46)CCO5)c([C@H](OC(C)(C)C)C(C)=O)c(C)cc32)c1. The molecule has 3 aliphatic heterocycles. The highest BCUT2D eigenvalue weighted by atomic mass is 19.4. The number of carbonyl (C=O) groups excluding carboxylic acids is 3. The molecule has 7 aromatic heterocycles. The number of hydrogen-bond acceptors (Lipinski definition) is 18. The monoisotopic (exact) mass is 1760 g/mol. The van der Waals surface area contributed by atoms with Crippen molar-refractivity contribution in [2.75, 3.05) is 26.9 Å². The normalized spacial score (nSPS) is 13.8. The van der Waals surface area contributed by atoms with Crippen LogP contribution >= 0.6 is 0 Å². The van der Waals surface area contributed by atoms with Crippen molar-refractivity contribution >= 4 is 82.8 Å². The molecule has 0 amide bonds. The molecule has 0 fully saturated rings. The summed E-state index contributed by atoms with van der Waals surface area (Å²) < 4.78 is 103. The van der Waals surface area contributed by atoms with Crippen molar-refractivity contribution in [1.82, 2.24) is 38.6 Å². The van der Waals surface area contributed by atoms with Crippen LogP contribution in [0.5, 0.6) is 23.0 Å². The minimum Gasteiger partial charge on any atom is -0.497 e. The molecule has 0 radical (unpaired) electrons. The van der Waals surface area contributed by atoms with Gasteiger partial charge in [-0.05, 0) is 303 Å². The lowest BCUT2D eigenvalue weighted by Crippen LogP contribution is -2.27. The van der Waals surface area contributed by atoms with Gasteiger partial charge in [-0.3, -0.25) is 43.7 Å². The molecule has 10 heterocycles. The lowest BCUT2D eigenvalue weighted by Gasteiger charge is -2.30. The zero-order valence-electron chi connectivity index (χ0n) is 75.4. The fourth-order valence-corrected chi connectivity index (χ4v) is 18.2. The molecule has 0 saturated heterocycles. The number of hydrogen-bond donors (Lipinski definition) is 0. The third kappa shape index (κ3) is 18.1. The molecule has 8 aromatic carbocycles. The number of pyridine rings is 6. The van der Waals surface area contributed by atoms with Gasteiger partial charge in [0.05, 0.1) is 102 Å². The highest BCUT2D eigenvalue weighted by molar-refractivity contribution is 6.12. The van der Waals surface area contributed by atoms with Crippen LogP contribution in [0.25, 0.3) is 98.8 Å². The number of benzene rings is 8. The van der Waals surface area contributed by atoms with Crippen LogP contribution in [-0.4, -0.2) is 99.7 Å². The summed E-state index contributed by atoms with van der Waals surface area (Å²) in [5, 5.41) is 5.01. The molecule has 666 valence electrons. The number of ether oxygens (including phenoxy) is 7. The van der Waals surface area contributed by atoms with E-state index in [0.717, 1.165) is 152 Å². The van der Waals surface area contributed by atoms with Gasteiger partial charge in [-0.1, -0.05) is 12.1 Å². The van der Waals surface area contributed by atoms with Crippen molar-refractivity contribution in [3.63, 3.8) is 0 Å². The number of nitrogens with zero attached hydrogens (tertiary/aromatic N) is 8. The predicted octanol–water partition coefficient (Wildman–Crippen LogP) is 20.8. The van der Waals surface area contributed by atoms with Gasteiger partial charge in [-0.2, -0.15) is 13.2 Å². The zero-order valence-corrected chi connectivity index (χ0v) is 75.4. The van der Waals surface area contributed by atoms with Crippen LogP contribution < -0.4 is 35.6 Å². The topological polar surface area (TPSA) is 246 Å². The molecule has 3 aliphatic rings. The van der Waals surface area contributed by atoms with Gasteiger partial charge >= 0.3 is 6.18 Å². The molecule has 0 N–H and O–H groups in total. The maximum absolute atomic E-state index is 14.4. The first-order chi connectivity index (χ1) is 61.8. The summed E-state index contributed by atoms with van der Waals surface area (Å²) in [4.78, 5) is 103. The van der Waals surface area contributed by atoms with Gasteiger partial charge in [0.1, 0.15) is 53.5 Å². The second-order valence-electron chi connectivity index (χ2n) is 36.3. The van der Waals surface area contributed by atoms with Crippen molar-refractivity contribution in [3.05, 3.63) is 298 Å². The number of Topliss-reactive ketones (excluding diaryl/α,β-unsaturated/α-hetero) is 3. The first-order valence-corrected chi connectivity index (χ1v) is 43.2. The van der Waals surface area contributed by atoms with E-state index in [-0.39, 0.29) is 40.6 Å². The van der Waals surface area contributed by atoms with Crippen LogP contribution in [0.2, 0.25) is 0 Å². The number of aromatic nitrogens is 8. The third-order valence-corrected chi connectivity index (χ3v) is 23.5. The van der Waals surface area contributed by atoms with Crippen LogP contribution in [0, 0.1) is 26.6 Å². The average Bonchev–Trinajstić information content (AvgIpc) is 0.737. The number of alkyl halides is 3. The molecule has 0 unspecified atom stereocenters. The van der Waals surface area contributed by atoms with Gasteiger partial charge in [-0.15, -0.1) is 0 Å². The van der Waals surface area contributed by atoms with Crippen molar-refractivity contribution < 1.29 is 65.1 Å². The fourth-order valence-electron chi connectivity index (χ4n) is 18.2. The number of ketones is 3. The summed E-state index contributed by atoms with van der Waals surface area (Å²) in [5.41, 5.74) is 14.6. The summed E-state index contributed by atoms with van der Waals surface area (Å²) in [6.07, 6.45) is 5.15. The highest BCUT2D eigenvalue weighted by Gasteiger charge is 2.38. The van der Waals surface area contributed by atoms with E-state index in [1.54, 1.807) is 79.9 Å². The Labute approximate surface area is 748 Å². The first kappa shape index (κ1) is 89.9. The lowest BCUT2D eigenvalue weighted by atomic mass is 9.85. The molecule has 21 nitrogen and oxygen atoms in total. The Morgan fingerprint density at radius 1 is 0.431 bits per heavy atom. The van der Waals surface area contributed by atoms with Gasteiger partial charge in [0, 0.05) is 123 Å². The largest absolute Gasteiger partial charge is 0.497 e. The van der Waals surface area contributed by atoms with E-state index in [0.29, 0.717) is 89.8 Å². The van der Waals surface area contributed by atoms with E-state index in [2.05, 4.69) is 9.97 Å². The molecule has 0 saturated carbocycles. The van der Waals surface area contributed by atoms with E-state index in [1.807, 2.05) is 192 Å². The van der Waals surface area contributed by atoms with E-state index in [9.17, 15) is 46.3 Å². The van der Waals surface area contributed by atoms with E-state index >= 15 is 0 Å². The highest BCUT2D eigenvalue weighted by Crippen LogP contribution is 2.50. The summed E-state index contributed by atoms with van der Waals surface area (Å²) >= 11 is 0. The zero-order chi connectivity index (χ0) is 92.5. The number of methoxy groups -OCH3 is 1. The number of aryl methyl sites for hydroxylation is 3. The van der Waals surface area contributed by atoms with Crippen LogP contribution in [0.4, 0.5) is 17.6 Å². The van der Waals surface area contributed by atoms with Crippen LogP contribution in [0.3, 0.4) is 0 Å². The van der Waals surface area contributed by atoms with Crippen molar-refractivity contribution in [2.24, 2.45) is 0 Å². The predicted molar refractivity (Wildman–Crippen MR) is 495 cm³/mol. The second kappa shape index (κ2) is 35.5. The van der Waals surface area contributed by atoms with E-state index in [4.69, 9.17) is 48.1 Å². The minimum absolute atomic E-state index is 0.0247. The van der Waals surface area contributed by atoms with Crippen molar-refractivity contribution in [3.8, 4) is 56.4 Å². The number of fused-ring (bicyclic) bond motifs is 3. The lowest BCUT2D eigenvalue weighted by molar-refractivity contribution is -0.139. The quantitative estimate of drug-likeness (QED) is 0.0683. The van der Waals surface area contributed by atoms with E-state index < -0.39 is 58.2 Å². The van der Waals surface area contributed by atoms with Crippen molar-refractivity contribution in [1.29, 1.82) is 0 Å². The Balaban J connectivity index is 0.000000143. The Hall–Kier alpha value is -13.5. The van der Waals surface area contributed by atoms with Crippen LogP contribution in [0.15, 0.2) is 203 Å². The molecule has 0 spiro atoms. The summed E-state index contributed by atoms with van der Waals surface area (Å²) in [6, 6.07) is 43.2. The van der Waals surface area contributed by atoms with Crippen molar-refractivity contribution in [2.45, 2.75) is 184 Å². The molecular weight excluding hydrogens is 1660 g/mol. The Kier molecular flexibility index (Phi) is 24.6.